The molecule has 0 amide bonds. The fourth-order valence-electron chi connectivity index (χ4n) is 4.37. The van der Waals surface area contributed by atoms with E-state index in [0.717, 1.165) is 75.2 Å². The number of aldehydes is 2. The molecule has 1 aliphatic carbocycles. The second-order valence-corrected chi connectivity index (χ2v) is 9.08. The Morgan fingerprint density at radius 3 is 2.66 bits per heavy atom. The lowest BCUT2D eigenvalue weighted by molar-refractivity contribution is -0.112. The summed E-state index contributed by atoms with van der Waals surface area (Å²) in [6.07, 6.45) is 12.6. The summed E-state index contributed by atoms with van der Waals surface area (Å²) in [6.45, 7) is 3.68. The second-order valence-electron chi connectivity index (χ2n) is 9.08. The van der Waals surface area contributed by atoms with E-state index in [4.69, 9.17) is 5.73 Å². The Hall–Kier alpha value is -2.00. The Balaban J connectivity index is 1.81. The number of carbonyl (C=O) groups is 2. The molecule has 0 aromatic heterocycles. The molecule has 0 aliphatic heterocycles. The third-order valence-electron chi connectivity index (χ3n) is 6.46. The minimum absolute atomic E-state index is 0.139. The smallest absolute Gasteiger partial charge is 0.150 e. The zero-order chi connectivity index (χ0) is 23.2. The van der Waals surface area contributed by atoms with Crippen LogP contribution in [0.2, 0.25) is 0 Å². The van der Waals surface area contributed by atoms with E-state index in [9.17, 15) is 9.59 Å². The number of likely N-dealkylation sites (N-methyl/N-ethyl adjacent to an activating group) is 1. The molecule has 1 aromatic carbocycles. The Labute approximate surface area is 194 Å². The molecule has 1 saturated carbocycles. The number of carbonyl (C=O) groups excluding carboxylic acids is 2. The first-order valence-corrected chi connectivity index (χ1v) is 12.3. The van der Waals surface area contributed by atoms with Gasteiger partial charge in [-0.15, -0.1) is 0 Å². The molecule has 0 saturated heterocycles. The van der Waals surface area contributed by atoms with Crippen LogP contribution in [-0.2, 0) is 11.3 Å². The van der Waals surface area contributed by atoms with Crippen LogP contribution in [-0.4, -0.2) is 49.2 Å². The Morgan fingerprint density at radius 2 is 1.97 bits per heavy atom. The van der Waals surface area contributed by atoms with Crippen LogP contribution in [0.5, 0.6) is 0 Å². The lowest BCUT2D eigenvalue weighted by Gasteiger charge is -2.26. The van der Waals surface area contributed by atoms with E-state index in [1.807, 2.05) is 30.1 Å². The van der Waals surface area contributed by atoms with E-state index >= 15 is 0 Å². The molecule has 1 unspecified atom stereocenters. The van der Waals surface area contributed by atoms with Gasteiger partial charge in [-0.05, 0) is 70.2 Å². The van der Waals surface area contributed by atoms with E-state index in [-0.39, 0.29) is 6.04 Å². The largest absolute Gasteiger partial charge is 0.328 e. The van der Waals surface area contributed by atoms with Crippen molar-refractivity contribution in [1.29, 1.82) is 0 Å². The summed E-state index contributed by atoms with van der Waals surface area (Å²) in [4.78, 5) is 25.0. The minimum Gasteiger partial charge on any atom is -0.328 e. The molecule has 1 aromatic rings. The van der Waals surface area contributed by atoms with Crippen LogP contribution in [0.3, 0.4) is 0 Å². The highest BCUT2D eigenvalue weighted by atomic mass is 16.1. The molecular formula is C27H41N3O2. The SMILES string of the molecule is CCCC(C=O)N(C)Cc1c(C#CCCCCCNC2CCC(N)CC2)cccc1C=O. The normalized spacial score (nSPS) is 19.2. The average Bonchev–Trinajstić information content (AvgIpc) is 2.81. The summed E-state index contributed by atoms with van der Waals surface area (Å²) in [6, 6.07) is 6.59. The number of unbranched alkanes of at least 4 members (excludes halogenated alkanes) is 3. The molecule has 0 heterocycles. The predicted molar refractivity (Wildman–Crippen MR) is 132 cm³/mol. The van der Waals surface area contributed by atoms with Crippen LogP contribution in [0, 0.1) is 11.8 Å². The fraction of sp³-hybridized carbons (Fsp3) is 0.630. The molecular weight excluding hydrogens is 398 g/mol. The van der Waals surface area contributed by atoms with Gasteiger partial charge in [-0.1, -0.05) is 43.7 Å². The van der Waals surface area contributed by atoms with Gasteiger partial charge in [0, 0.05) is 36.2 Å². The van der Waals surface area contributed by atoms with Gasteiger partial charge >= 0.3 is 0 Å². The number of benzene rings is 1. The van der Waals surface area contributed by atoms with Gasteiger partial charge in [0.25, 0.3) is 0 Å². The van der Waals surface area contributed by atoms with Gasteiger partial charge in [0.2, 0.25) is 0 Å². The predicted octanol–water partition coefficient (Wildman–Crippen LogP) is 4.07. The van der Waals surface area contributed by atoms with Crippen LogP contribution < -0.4 is 11.1 Å². The molecule has 176 valence electrons. The van der Waals surface area contributed by atoms with Gasteiger partial charge in [-0.2, -0.15) is 0 Å². The first-order chi connectivity index (χ1) is 15.6. The molecule has 5 heteroatoms. The molecule has 3 N–H and O–H groups in total. The van der Waals surface area contributed by atoms with Crippen LogP contribution in [0.15, 0.2) is 18.2 Å². The number of nitrogens with one attached hydrogen (secondary N) is 1. The number of rotatable bonds is 13. The van der Waals surface area contributed by atoms with Gasteiger partial charge in [0.15, 0.2) is 0 Å². The first-order valence-electron chi connectivity index (χ1n) is 12.3. The Morgan fingerprint density at radius 1 is 1.19 bits per heavy atom. The van der Waals surface area contributed by atoms with Crippen molar-refractivity contribution < 1.29 is 9.59 Å². The third kappa shape index (κ3) is 8.86. The van der Waals surface area contributed by atoms with Crippen LogP contribution >= 0.6 is 0 Å². The third-order valence-corrected chi connectivity index (χ3v) is 6.46. The topological polar surface area (TPSA) is 75.4 Å². The molecule has 0 spiro atoms. The Kier molecular flexibility index (Phi) is 12.3. The summed E-state index contributed by atoms with van der Waals surface area (Å²) >= 11 is 0. The van der Waals surface area contributed by atoms with Crippen molar-refractivity contribution in [2.45, 2.75) is 95.8 Å². The highest BCUT2D eigenvalue weighted by molar-refractivity contribution is 5.78. The van der Waals surface area contributed by atoms with Crippen molar-refractivity contribution in [2.24, 2.45) is 5.73 Å². The van der Waals surface area contributed by atoms with Crippen molar-refractivity contribution in [3.63, 3.8) is 0 Å². The zero-order valence-electron chi connectivity index (χ0n) is 19.9. The van der Waals surface area contributed by atoms with Gasteiger partial charge in [-0.25, -0.2) is 0 Å². The van der Waals surface area contributed by atoms with Gasteiger partial charge in [-0.3, -0.25) is 9.69 Å². The molecule has 1 atom stereocenters. The van der Waals surface area contributed by atoms with Gasteiger partial charge < -0.3 is 15.8 Å². The van der Waals surface area contributed by atoms with Crippen LogP contribution in [0.25, 0.3) is 0 Å². The number of hydrogen-bond acceptors (Lipinski definition) is 5. The molecule has 0 bridgehead atoms. The molecule has 1 aliphatic rings. The van der Waals surface area contributed by atoms with Crippen LogP contribution in [0.1, 0.15) is 92.6 Å². The maximum atomic E-state index is 11.6. The maximum Gasteiger partial charge on any atom is 0.150 e. The van der Waals surface area contributed by atoms with Crippen molar-refractivity contribution in [2.75, 3.05) is 13.6 Å². The number of hydrogen-bond donors (Lipinski definition) is 2. The van der Waals surface area contributed by atoms with Crippen molar-refractivity contribution >= 4 is 12.6 Å². The lowest BCUT2D eigenvalue weighted by atomic mass is 9.92. The number of nitrogens with zero attached hydrogens (tertiary/aromatic N) is 1. The lowest BCUT2D eigenvalue weighted by Crippen LogP contribution is -2.37. The number of nitrogens with two attached hydrogens (primary N) is 1. The molecule has 1 fully saturated rings. The second kappa shape index (κ2) is 14.9. The molecule has 5 nitrogen and oxygen atoms in total. The van der Waals surface area contributed by atoms with E-state index < -0.39 is 0 Å². The van der Waals surface area contributed by atoms with Gasteiger partial charge in [0.05, 0.1) is 6.04 Å². The molecule has 2 rings (SSSR count). The van der Waals surface area contributed by atoms with E-state index in [2.05, 4.69) is 24.1 Å². The summed E-state index contributed by atoms with van der Waals surface area (Å²) in [7, 11) is 1.93. The van der Waals surface area contributed by atoms with Gasteiger partial charge in [0.1, 0.15) is 12.6 Å². The monoisotopic (exact) mass is 439 g/mol. The first kappa shape index (κ1) is 26.3. The molecule has 0 radical (unpaired) electrons. The summed E-state index contributed by atoms with van der Waals surface area (Å²) < 4.78 is 0. The Bertz CT molecular complexity index is 760. The highest BCUT2D eigenvalue weighted by Crippen LogP contribution is 2.18. The van der Waals surface area contributed by atoms with E-state index in [0.29, 0.717) is 24.2 Å². The minimum atomic E-state index is -0.139. The summed E-state index contributed by atoms with van der Waals surface area (Å²) in [5.41, 5.74) is 8.42. The average molecular weight is 440 g/mol. The highest BCUT2D eigenvalue weighted by Gasteiger charge is 2.18. The fourth-order valence-corrected chi connectivity index (χ4v) is 4.37. The van der Waals surface area contributed by atoms with E-state index in [1.165, 1.54) is 19.3 Å². The van der Waals surface area contributed by atoms with Crippen LogP contribution in [0.4, 0.5) is 0 Å². The maximum absolute atomic E-state index is 11.6. The quantitative estimate of drug-likeness (QED) is 0.275. The summed E-state index contributed by atoms with van der Waals surface area (Å²) in [5, 5.41) is 3.67. The zero-order valence-corrected chi connectivity index (χ0v) is 19.9. The van der Waals surface area contributed by atoms with Crippen molar-refractivity contribution in [3.8, 4) is 11.8 Å². The standard InChI is InChI=1S/C27H41N3O2/c1-3-10-26(21-32)30(2)19-27-22(12-9-13-23(27)20-31)11-7-5-4-6-8-18-29-25-16-14-24(28)15-17-25/h9,12-13,20-21,24-26,29H,3-6,8,10,14-19,28H2,1-2H3. The summed E-state index contributed by atoms with van der Waals surface area (Å²) in [5.74, 6) is 6.57. The van der Waals surface area contributed by atoms with E-state index in [1.54, 1.807) is 0 Å². The van der Waals surface area contributed by atoms with Crippen molar-refractivity contribution in [3.05, 3.63) is 34.9 Å². The molecule has 32 heavy (non-hydrogen) atoms. The van der Waals surface area contributed by atoms with Crippen molar-refractivity contribution in [1.82, 2.24) is 10.2 Å².